The minimum Gasteiger partial charge on any atom is -0.496 e. The van der Waals surface area contributed by atoms with Crippen molar-refractivity contribution in [3.63, 3.8) is 0 Å². The maximum Gasteiger partial charge on any atom is 0.242 e. The van der Waals surface area contributed by atoms with Crippen LogP contribution in [0.5, 0.6) is 5.75 Å². The number of carbonyl (C=O) groups excluding carboxylic acids is 1. The Morgan fingerprint density at radius 1 is 1.41 bits per heavy atom. The second kappa shape index (κ2) is 6.12. The van der Waals surface area contributed by atoms with Crippen LogP contribution in [0.4, 0.5) is 0 Å². The molecule has 0 heterocycles. The lowest BCUT2D eigenvalue weighted by Crippen LogP contribution is -2.33. The molecule has 0 aliphatic rings. The van der Waals surface area contributed by atoms with Crippen LogP contribution in [-0.2, 0) is 4.79 Å². The Morgan fingerprint density at radius 3 is 2.59 bits per heavy atom. The molecule has 0 bridgehead atoms. The van der Waals surface area contributed by atoms with E-state index in [0.717, 1.165) is 0 Å². The Morgan fingerprint density at radius 2 is 2.06 bits per heavy atom. The summed E-state index contributed by atoms with van der Waals surface area (Å²) in [6, 6.07) is 5.17. The quantitative estimate of drug-likeness (QED) is 0.858. The molecule has 1 rings (SSSR count). The van der Waals surface area contributed by atoms with Gasteiger partial charge in [0, 0.05) is 16.6 Å². The van der Waals surface area contributed by atoms with Gasteiger partial charge in [0.05, 0.1) is 7.11 Å². The first-order chi connectivity index (χ1) is 7.97. The summed E-state index contributed by atoms with van der Waals surface area (Å²) in [7, 11) is 1.51. The fourth-order valence-electron chi connectivity index (χ4n) is 1.43. The van der Waals surface area contributed by atoms with E-state index in [4.69, 9.17) is 27.9 Å². The van der Waals surface area contributed by atoms with Crippen LogP contribution in [0.15, 0.2) is 18.2 Å². The first-order valence-corrected chi connectivity index (χ1v) is 6.05. The molecule has 94 valence electrons. The van der Waals surface area contributed by atoms with Gasteiger partial charge in [-0.3, -0.25) is 4.79 Å². The van der Waals surface area contributed by atoms with E-state index in [2.05, 4.69) is 5.32 Å². The minimum absolute atomic E-state index is 0.0252. The van der Waals surface area contributed by atoms with Gasteiger partial charge in [-0.15, -0.1) is 11.6 Å². The van der Waals surface area contributed by atoms with E-state index in [-0.39, 0.29) is 11.9 Å². The maximum absolute atomic E-state index is 11.8. The molecule has 5 heteroatoms. The second-order valence-electron chi connectivity index (χ2n) is 3.88. The number of alkyl halides is 1. The fraction of sp³-hybridized carbons (Fsp3) is 0.417. The van der Waals surface area contributed by atoms with Crippen molar-refractivity contribution in [2.45, 2.75) is 25.3 Å². The standard InChI is InChI=1S/C12H15Cl2NO2/c1-7(2)15-12(16)11(14)10-8(13)5-4-6-9(10)17-3/h4-7,11H,1-3H3,(H,15,16). The largest absolute Gasteiger partial charge is 0.496 e. The van der Waals surface area contributed by atoms with Gasteiger partial charge in [-0.2, -0.15) is 0 Å². The number of rotatable bonds is 4. The highest BCUT2D eigenvalue weighted by Crippen LogP contribution is 2.35. The molecular formula is C12H15Cl2NO2. The summed E-state index contributed by atoms with van der Waals surface area (Å²) in [5.74, 6) is 0.226. The molecule has 0 aliphatic heterocycles. The van der Waals surface area contributed by atoms with E-state index < -0.39 is 5.38 Å². The smallest absolute Gasteiger partial charge is 0.242 e. The Labute approximate surface area is 111 Å². The van der Waals surface area contributed by atoms with E-state index >= 15 is 0 Å². The van der Waals surface area contributed by atoms with Crippen molar-refractivity contribution in [2.75, 3.05) is 7.11 Å². The highest BCUT2D eigenvalue weighted by Gasteiger charge is 2.24. The molecule has 1 amide bonds. The van der Waals surface area contributed by atoms with Crippen LogP contribution in [0.1, 0.15) is 24.8 Å². The molecular weight excluding hydrogens is 261 g/mol. The monoisotopic (exact) mass is 275 g/mol. The summed E-state index contributed by atoms with van der Waals surface area (Å²) in [5.41, 5.74) is 0.497. The SMILES string of the molecule is COc1cccc(Cl)c1C(Cl)C(=O)NC(C)C. The summed E-state index contributed by atoms with van der Waals surface area (Å²) >= 11 is 12.2. The highest BCUT2D eigenvalue weighted by atomic mass is 35.5. The van der Waals surface area contributed by atoms with Gasteiger partial charge in [-0.25, -0.2) is 0 Å². The van der Waals surface area contributed by atoms with Crippen molar-refractivity contribution in [3.05, 3.63) is 28.8 Å². The molecule has 1 aromatic rings. The summed E-state index contributed by atoms with van der Waals surface area (Å²) < 4.78 is 5.15. The van der Waals surface area contributed by atoms with Crippen molar-refractivity contribution in [1.82, 2.24) is 5.32 Å². The van der Waals surface area contributed by atoms with E-state index in [9.17, 15) is 4.79 Å². The third kappa shape index (κ3) is 3.51. The number of carbonyl (C=O) groups is 1. The predicted molar refractivity (Wildman–Crippen MR) is 69.9 cm³/mol. The van der Waals surface area contributed by atoms with Crippen LogP contribution < -0.4 is 10.1 Å². The number of amides is 1. The Balaban J connectivity index is 3.02. The maximum atomic E-state index is 11.8. The van der Waals surface area contributed by atoms with Gasteiger partial charge in [0.1, 0.15) is 11.1 Å². The number of halogens is 2. The van der Waals surface area contributed by atoms with Crippen LogP contribution in [0.3, 0.4) is 0 Å². The lowest BCUT2D eigenvalue weighted by atomic mass is 10.1. The highest BCUT2D eigenvalue weighted by molar-refractivity contribution is 6.36. The average molecular weight is 276 g/mol. The van der Waals surface area contributed by atoms with E-state index in [0.29, 0.717) is 16.3 Å². The second-order valence-corrected chi connectivity index (χ2v) is 4.73. The van der Waals surface area contributed by atoms with Gasteiger partial charge in [-0.05, 0) is 26.0 Å². The van der Waals surface area contributed by atoms with Gasteiger partial charge >= 0.3 is 0 Å². The van der Waals surface area contributed by atoms with Crippen molar-refractivity contribution >= 4 is 29.1 Å². The molecule has 0 saturated heterocycles. The molecule has 3 nitrogen and oxygen atoms in total. The molecule has 0 aliphatic carbocycles. The van der Waals surface area contributed by atoms with Crippen LogP contribution in [0.25, 0.3) is 0 Å². The Hall–Kier alpha value is -0.930. The van der Waals surface area contributed by atoms with Crippen molar-refractivity contribution in [3.8, 4) is 5.75 Å². The van der Waals surface area contributed by atoms with Crippen molar-refractivity contribution in [1.29, 1.82) is 0 Å². The third-order valence-electron chi connectivity index (χ3n) is 2.15. The Bertz CT molecular complexity index is 407. The summed E-state index contributed by atoms with van der Waals surface area (Å²) in [6.07, 6.45) is 0. The van der Waals surface area contributed by atoms with Crippen molar-refractivity contribution < 1.29 is 9.53 Å². The predicted octanol–water partition coefficient (Wildman–Crippen LogP) is 3.15. The molecule has 0 fully saturated rings. The van der Waals surface area contributed by atoms with E-state index in [1.165, 1.54) is 7.11 Å². The van der Waals surface area contributed by atoms with E-state index in [1.54, 1.807) is 18.2 Å². The molecule has 0 aromatic heterocycles. The molecule has 1 N–H and O–H groups in total. The zero-order valence-corrected chi connectivity index (χ0v) is 11.5. The first-order valence-electron chi connectivity index (χ1n) is 5.24. The third-order valence-corrected chi connectivity index (χ3v) is 2.89. The molecule has 17 heavy (non-hydrogen) atoms. The lowest BCUT2D eigenvalue weighted by molar-refractivity contribution is -0.121. The average Bonchev–Trinajstić information content (AvgIpc) is 2.26. The van der Waals surface area contributed by atoms with Gasteiger partial charge in [0.15, 0.2) is 0 Å². The van der Waals surface area contributed by atoms with Gasteiger partial charge < -0.3 is 10.1 Å². The van der Waals surface area contributed by atoms with Crippen LogP contribution in [-0.4, -0.2) is 19.1 Å². The lowest BCUT2D eigenvalue weighted by Gasteiger charge is -2.16. The number of hydrogen-bond donors (Lipinski definition) is 1. The zero-order chi connectivity index (χ0) is 13.0. The number of benzene rings is 1. The van der Waals surface area contributed by atoms with Gasteiger partial charge in [0.2, 0.25) is 5.91 Å². The fourth-order valence-corrected chi connectivity index (χ4v) is 2.05. The normalized spacial score (nSPS) is 12.4. The molecule has 0 saturated carbocycles. The first kappa shape index (κ1) is 14.1. The Kier molecular flexibility index (Phi) is 5.09. The zero-order valence-electron chi connectivity index (χ0n) is 9.96. The summed E-state index contributed by atoms with van der Waals surface area (Å²) in [4.78, 5) is 11.8. The molecule has 1 unspecified atom stereocenters. The minimum atomic E-state index is -0.860. The van der Waals surface area contributed by atoms with Crippen LogP contribution in [0.2, 0.25) is 5.02 Å². The summed E-state index contributed by atoms with van der Waals surface area (Å²) in [6.45, 7) is 3.73. The number of ether oxygens (including phenoxy) is 1. The summed E-state index contributed by atoms with van der Waals surface area (Å²) in [5, 5.41) is 2.29. The van der Waals surface area contributed by atoms with Crippen molar-refractivity contribution in [2.24, 2.45) is 0 Å². The number of methoxy groups -OCH3 is 1. The van der Waals surface area contributed by atoms with Crippen LogP contribution in [0, 0.1) is 0 Å². The topological polar surface area (TPSA) is 38.3 Å². The number of nitrogens with one attached hydrogen (secondary N) is 1. The molecule has 0 spiro atoms. The van der Waals surface area contributed by atoms with E-state index in [1.807, 2.05) is 13.8 Å². The molecule has 0 radical (unpaired) electrons. The molecule has 1 aromatic carbocycles. The number of hydrogen-bond acceptors (Lipinski definition) is 2. The van der Waals surface area contributed by atoms with Crippen LogP contribution >= 0.6 is 23.2 Å². The van der Waals surface area contributed by atoms with Gasteiger partial charge in [-0.1, -0.05) is 17.7 Å². The molecule has 1 atom stereocenters. The van der Waals surface area contributed by atoms with Gasteiger partial charge in [0.25, 0.3) is 0 Å².